The third-order valence-electron chi connectivity index (χ3n) is 13.9. The maximum Gasteiger partial charge on any atom is 0.410 e. The molecule has 4 heterocycles. The Kier molecular flexibility index (Phi) is 16.1. The predicted octanol–water partition coefficient (Wildman–Crippen LogP) is 5.99. The van der Waals surface area contributed by atoms with Crippen molar-refractivity contribution in [3.8, 4) is 11.3 Å². The van der Waals surface area contributed by atoms with Crippen LogP contribution in [0.2, 0.25) is 0 Å². The van der Waals surface area contributed by atoms with Crippen LogP contribution in [-0.2, 0) is 44.6 Å². The summed E-state index contributed by atoms with van der Waals surface area (Å²) in [5, 5.41) is 11.6. The number of aryl methyl sites for hydroxylation is 1. The van der Waals surface area contributed by atoms with Crippen molar-refractivity contribution in [1.82, 2.24) is 19.4 Å². The van der Waals surface area contributed by atoms with Crippen molar-refractivity contribution < 1.29 is 48.0 Å². The van der Waals surface area contributed by atoms with E-state index in [1.807, 2.05) is 87.6 Å². The summed E-state index contributed by atoms with van der Waals surface area (Å²) in [5.41, 5.74) is 0.291. The topological polar surface area (TPSA) is 162 Å². The fourth-order valence-electron chi connectivity index (χ4n) is 10.0. The number of cyclic esters (lactones) is 1. The molecule has 0 bridgehead atoms. The molecule has 0 radical (unpaired) electrons. The molecule has 1 aromatic carbocycles. The second-order valence-electron chi connectivity index (χ2n) is 18.6. The number of anilines is 1. The molecule has 13 atom stereocenters. The minimum atomic E-state index is -1.40. The highest BCUT2D eigenvalue weighted by atomic mass is 16.7. The lowest BCUT2D eigenvalue weighted by atomic mass is 9.73. The van der Waals surface area contributed by atoms with Gasteiger partial charge in [0.25, 0.3) is 0 Å². The van der Waals surface area contributed by atoms with Gasteiger partial charge in [-0.2, -0.15) is 0 Å². The van der Waals surface area contributed by atoms with E-state index in [9.17, 15) is 24.3 Å². The van der Waals surface area contributed by atoms with Crippen LogP contribution in [0.25, 0.3) is 11.3 Å². The lowest BCUT2D eigenvalue weighted by Gasteiger charge is -2.47. The number of Topliss-reactive ketones (excluding diaryl/α,β-unsaturated/α-hetero) is 2. The molecule has 0 saturated carbocycles. The van der Waals surface area contributed by atoms with Crippen molar-refractivity contribution in [2.45, 2.75) is 155 Å². The number of benzene rings is 1. The Hall–Kier alpha value is -3.89. The number of ether oxygens (including phenoxy) is 5. The number of imidazole rings is 1. The van der Waals surface area contributed by atoms with Crippen molar-refractivity contribution >= 4 is 29.3 Å². The number of carbonyl (C=O) groups excluding carboxylic acids is 4. The highest BCUT2D eigenvalue weighted by Gasteiger charge is 2.60. The largest absolute Gasteiger partial charge is 0.458 e. The molecule has 0 aliphatic carbocycles. The van der Waals surface area contributed by atoms with E-state index in [-0.39, 0.29) is 30.8 Å². The van der Waals surface area contributed by atoms with Gasteiger partial charge in [-0.15, -0.1) is 0 Å². The first kappa shape index (κ1) is 49.1. The Labute approximate surface area is 368 Å². The van der Waals surface area contributed by atoms with Gasteiger partial charge in [-0.05, 0) is 85.5 Å². The van der Waals surface area contributed by atoms with Crippen molar-refractivity contribution in [2.24, 2.45) is 23.7 Å². The fourth-order valence-corrected chi connectivity index (χ4v) is 10.0. The quantitative estimate of drug-likeness (QED) is 0.142. The number of unbranched alkanes of at least 4 members (excludes halogenated alkanes) is 1. The van der Waals surface area contributed by atoms with E-state index in [1.165, 1.54) is 14.0 Å². The molecular weight excluding hydrogens is 795 g/mol. The minimum absolute atomic E-state index is 0.131. The Bertz CT molecular complexity index is 1870. The van der Waals surface area contributed by atoms with Gasteiger partial charge in [0.15, 0.2) is 17.7 Å². The maximum atomic E-state index is 14.8. The van der Waals surface area contributed by atoms with Crippen LogP contribution in [0.4, 0.5) is 10.5 Å². The summed E-state index contributed by atoms with van der Waals surface area (Å²) in [4.78, 5) is 67.5. The lowest BCUT2D eigenvalue weighted by molar-refractivity contribution is -0.296. The summed E-state index contributed by atoms with van der Waals surface area (Å²) >= 11 is 0. The Morgan fingerprint density at radius 2 is 1.66 bits per heavy atom. The molecule has 1 amide bonds. The summed E-state index contributed by atoms with van der Waals surface area (Å²) in [7, 11) is 7.44. The molecule has 15 nitrogen and oxygen atoms in total. The van der Waals surface area contributed by atoms with Crippen LogP contribution < -0.4 is 4.90 Å². The van der Waals surface area contributed by atoms with Crippen LogP contribution in [0.3, 0.4) is 0 Å². The van der Waals surface area contributed by atoms with E-state index < -0.39 is 83.4 Å². The number of ketones is 2. The number of fused-ring (bicyclic) bond motifs is 1. The number of carbonyl (C=O) groups is 4. The third-order valence-corrected chi connectivity index (χ3v) is 13.9. The zero-order chi connectivity index (χ0) is 45.8. The molecule has 346 valence electrons. The Morgan fingerprint density at radius 1 is 0.968 bits per heavy atom. The third kappa shape index (κ3) is 10.2. The molecule has 1 aromatic heterocycles. The number of likely N-dealkylation sites (N-methyl/N-ethyl adjacent to an activating group) is 1. The smallest absolute Gasteiger partial charge is 0.410 e. The van der Waals surface area contributed by atoms with Gasteiger partial charge < -0.3 is 48.1 Å². The van der Waals surface area contributed by atoms with Gasteiger partial charge in [-0.3, -0.25) is 14.4 Å². The minimum Gasteiger partial charge on any atom is -0.458 e. The van der Waals surface area contributed by atoms with Gasteiger partial charge in [0, 0.05) is 75.5 Å². The first-order valence-corrected chi connectivity index (χ1v) is 22.5. The zero-order valence-electron chi connectivity index (χ0n) is 39.3. The average Bonchev–Trinajstić information content (AvgIpc) is 3.83. The predicted molar refractivity (Wildman–Crippen MR) is 235 cm³/mol. The molecule has 2 aromatic rings. The number of esters is 1. The van der Waals surface area contributed by atoms with E-state index in [0.717, 1.165) is 16.9 Å². The Balaban J connectivity index is 1.42. The summed E-state index contributed by atoms with van der Waals surface area (Å²) in [6, 6.07) is 7.13. The summed E-state index contributed by atoms with van der Waals surface area (Å²) in [6.07, 6.45) is 1.10. The van der Waals surface area contributed by atoms with Crippen molar-refractivity contribution in [1.29, 1.82) is 0 Å². The van der Waals surface area contributed by atoms with Crippen LogP contribution in [0.15, 0.2) is 36.8 Å². The van der Waals surface area contributed by atoms with Crippen LogP contribution in [0, 0.1) is 23.7 Å². The number of amides is 1. The first-order chi connectivity index (χ1) is 29.2. The average molecular weight is 868 g/mol. The molecule has 3 aliphatic rings. The van der Waals surface area contributed by atoms with Gasteiger partial charge in [-0.1, -0.05) is 46.8 Å². The SMILES string of the molecule is CC[C@H]1OC(=O)[C@H](C)C(=O)[C@H](C)[C@@H](O[C@@H]2O[C@H](C)C[C@H](N(C)CC)[C@H]2O)[C@](C)(OC)C[C@@H](C)C(=O)[C@H](C)[C@@H]2N(CCCCn3cnc(-c4cccc(N(C)C)c4)c3)C(=O)O[C@@]21C. The highest BCUT2D eigenvalue weighted by Crippen LogP contribution is 2.43. The van der Waals surface area contributed by atoms with E-state index in [1.54, 1.807) is 38.9 Å². The van der Waals surface area contributed by atoms with Gasteiger partial charge in [0.1, 0.15) is 23.9 Å². The second-order valence-corrected chi connectivity index (χ2v) is 18.6. The molecule has 0 unspecified atom stereocenters. The van der Waals surface area contributed by atoms with Crippen molar-refractivity contribution in [2.75, 3.05) is 46.2 Å². The summed E-state index contributed by atoms with van der Waals surface area (Å²) in [6.45, 7) is 17.7. The maximum absolute atomic E-state index is 14.8. The number of rotatable bonds is 13. The van der Waals surface area contributed by atoms with Gasteiger partial charge in [0.05, 0.1) is 35.9 Å². The molecule has 3 saturated heterocycles. The molecule has 62 heavy (non-hydrogen) atoms. The van der Waals surface area contributed by atoms with Crippen LogP contribution in [0.5, 0.6) is 0 Å². The van der Waals surface area contributed by atoms with Crippen molar-refractivity contribution in [3.63, 3.8) is 0 Å². The van der Waals surface area contributed by atoms with Gasteiger partial charge >= 0.3 is 12.1 Å². The number of nitrogens with zero attached hydrogens (tertiary/aromatic N) is 5. The van der Waals surface area contributed by atoms with Crippen LogP contribution in [-0.4, -0.2) is 143 Å². The molecule has 3 fully saturated rings. The first-order valence-electron chi connectivity index (χ1n) is 22.5. The molecule has 1 N–H and O–H groups in total. The van der Waals surface area contributed by atoms with E-state index >= 15 is 0 Å². The Morgan fingerprint density at radius 3 is 2.31 bits per heavy atom. The normalized spacial score (nSPS) is 35.1. The number of aromatic nitrogens is 2. The van der Waals surface area contributed by atoms with Crippen molar-refractivity contribution in [3.05, 3.63) is 36.8 Å². The number of hydrogen-bond donors (Lipinski definition) is 1. The highest BCUT2D eigenvalue weighted by molar-refractivity contribution is 6.00. The van der Waals surface area contributed by atoms with Gasteiger partial charge in [0.2, 0.25) is 0 Å². The molecule has 15 heteroatoms. The lowest BCUT2D eigenvalue weighted by Crippen LogP contribution is -2.60. The molecular formula is C47H73N5O10. The van der Waals surface area contributed by atoms with E-state index in [2.05, 4.69) is 11.1 Å². The zero-order valence-corrected chi connectivity index (χ0v) is 39.3. The summed E-state index contributed by atoms with van der Waals surface area (Å²) < 4.78 is 33.5. The van der Waals surface area contributed by atoms with E-state index in [4.69, 9.17) is 23.7 Å². The number of methoxy groups -OCH3 is 1. The molecule has 5 rings (SSSR count). The van der Waals surface area contributed by atoms with Crippen LogP contribution >= 0.6 is 0 Å². The second kappa shape index (κ2) is 20.3. The molecule has 0 spiro atoms. The van der Waals surface area contributed by atoms with Gasteiger partial charge in [-0.25, -0.2) is 9.78 Å². The monoisotopic (exact) mass is 868 g/mol. The molecule has 3 aliphatic heterocycles. The fraction of sp³-hybridized carbons (Fsp3) is 0.723. The number of aliphatic hydroxyl groups excluding tert-OH is 1. The summed E-state index contributed by atoms with van der Waals surface area (Å²) in [5.74, 6) is -4.94. The number of hydrogen-bond acceptors (Lipinski definition) is 13. The number of aliphatic hydroxyl groups is 1. The van der Waals surface area contributed by atoms with Crippen LogP contribution in [0.1, 0.15) is 94.4 Å². The van der Waals surface area contributed by atoms with E-state index in [0.29, 0.717) is 38.9 Å². The standard InChI is InChI=1S/C47H73N5O10/c1-14-37-47(9)41(52(45(57)62-47)22-17-16-21-51-26-35(48-27-51)33-19-18-20-34(24-33)49(10)11)30(5)38(53)28(3)25-46(8,58-13)42(31(6)39(54)32(7)43(56)60-37)61-44-40(55)36(50(12)15-2)23-29(4)59-44/h18-20,24,26-32,36-37,40-42,44,55H,14-17,21-23,25H2,1-13H3/t28-,29-,30+,31+,32-,36+,37-,40-,41+,42-,44+,46-,47-/m1/s1.